The number of sulfone groups is 1. The molecule has 0 N–H and O–H groups in total. The average Bonchev–Trinajstić information content (AvgIpc) is 2.85. The second-order valence-electron chi connectivity index (χ2n) is 5.36. The second kappa shape index (κ2) is 5.11. The van der Waals surface area contributed by atoms with E-state index in [1.54, 1.807) is 13.1 Å². The largest absolute Gasteiger partial charge is 0.336 e. The Kier molecular flexibility index (Phi) is 3.41. The second-order valence-corrected chi connectivity index (χ2v) is 7.59. The maximum Gasteiger partial charge on any atom is 0.272 e. The number of hydrogen-bond acceptors (Lipinski definition) is 4. The summed E-state index contributed by atoms with van der Waals surface area (Å²) < 4.78 is 23.1. The fraction of sp³-hybridized carbons (Fsp3) is 0.333. The highest BCUT2D eigenvalue weighted by Crippen LogP contribution is 2.19. The van der Waals surface area contributed by atoms with Gasteiger partial charge >= 0.3 is 0 Å². The van der Waals surface area contributed by atoms with Gasteiger partial charge in [0.15, 0.2) is 9.84 Å². The highest BCUT2D eigenvalue weighted by atomic mass is 32.2. The van der Waals surface area contributed by atoms with Gasteiger partial charge in [-0.15, -0.1) is 0 Å². The number of hydrogen-bond donors (Lipinski definition) is 0. The predicted octanol–water partition coefficient (Wildman–Crippen LogP) is 1.49. The molecule has 1 aromatic carbocycles. The number of rotatable bonds is 2. The molecule has 2 heterocycles. The van der Waals surface area contributed by atoms with Gasteiger partial charge in [0.1, 0.15) is 5.69 Å². The summed E-state index contributed by atoms with van der Waals surface area (Å²) in [4.78, 5) is 18.3. The Labute approximate surface area is 123 Å². The van der Waals surface area contributed by atoms with E-state index in [9.17, 15) is 13.2 Å². The van der Waals surface area contributed by atoms with Gasteiger partial charge in [-0.05, 0) is 18.6 Å². The molecule has 1 aliphatic heterocycles. The Morgan fingerprint density at radius 3 is 2.71 bits per heavy atom. The van der Waals surface area contributed by atoms with E-state index in [0.29, 0.717) is 12.1 Å². The molecule has 110 valence electrons. The van der Waals surface area contributed by atoms with Crippen molar-refractivity contribution in [2.75, 3.05) is 18.6 Å². The van der Waals surface area contributed by atoms with Crippen LogP contribution < -0.4 is 0 Å². The maximum absolute atomic E-state index is 12.5. The number of nitrogens with zero attached hydrogens (tertiary/aromatic N) is 2. The van der Waals surface area contributed by atoms with Crippen molar-refractivity contribution in [3.8, 4) is 0 Å². The van der Waals surface area contributed by atoms with Crippen LogP contribution in [-0.2, 0) is 9.84 Å². The standard InChI is InChI=1S/C15H16N2O3S/c1-17(12-8-9-21(19,20)10-12)15(18)14-7-6-11-4-2-3-5-13(11)16-14/h2-7,12H,8-10H2,1H3/t12-/m1/s1. The van der Waals surface area contributed by atoms with Gasteiger partial charge in [0.05, 0.1) is 17.0 Å². The van der Waals surface area contributed by atoms with Gasteiger partial charge in [-0.25, -0.2) is 13.4 Å². The van der Waals surface area contributed by atoms with Crippen molar-refractivity contribution in [2.45, 2.75) is 12.5 Å². The van der Waals surface area contributed by atoms with Crippen molar-refractivity contribution >= 4 is 26.6 Å². The lowest BCUT2D eigenvalue weighted by Crippen LogP contribution is -2.38. The van der Waals surface area contributed by atoms with Gasteiger partial charge in [0, 0.05) is 18.5 Å². The van der Waals surface area contributed by atoms with Gasteiger partial charge in [-0.3, -0.25) is 4.79 Å². The molecule has 21 heavy (non-hydrogen) atoms. The number of aromatic nitrogens is 1. The van der Waals surface area contributed by atoms with Crippen LogP contribution in [-0.4, -0.2) is 48.8 Å². The van der Waals surface area contributed by atoms with Crippen molar-refractivity contribution in [3.63, 3.8) is 0 Å². The molecular weight excluding hydrogens is 288 g/mol. The van der Waals surface area contributed by atoms with Crippen LogP contribution >= 0.6 is 0 Å². The Balaban J connectivity index is 1.86. The van der Waals surface area contributed by atoms with E-state index in [2.05, 4.69) is 4.98 Å². The predicted molar refractivity (Wildman–Crippen MR) is 80.9 cm³/mol. The van der Waals surface area contributed by atoms with Crippen molar-refractivity contribution < 1.29 is 13.2 Å². The van der Waals surface area contributed by atoms with Crippen LogP contribution in [0.3, 0.4) is 0 Å². The molecule has 0 radical (unpaired) electrons. The summed E-state index contributed by atoms with van der Waals surface area (Å²) in [5.41, 5.74) is 1.11. The summed E-state index contributed by atoms with van der Waals surface area (Å²) in [5, 5.41) is 0.972. The van der Waals surface area contributed by atoms with Crippen LogP contribution in [0.25, 0.3) is 10.9 Å². The van der Waals surface area contributed by atoms with Crippen molar-refractivity contribution in [2.24, 2.45) is 0 Å². The Hall–Kier alpha value is -1.95. The summed E-state index contributed by atoms with van der Waals surface area (Å²) in [6, 6.07) is 10.9. The number of carbonyl (C=O) groups excluding carboxylic acids is 1. The number of fused-ring (bicyclic) bond motifs is 1. The molecule has 0 saturated carbocycles. The summed E-state index contributed by atoms with van der Waals surface area (Å²) in [7, 11) is -1.36. The highest BCUT2D eigenvalue weighted by Gasteiger charge is 2.33. The first-order chi connectivity index (χ1) is 9.96. The fourth-order valence-corrected chi connectivity index (χ4v) is 4.39. The zero-order valence-electron chi connectivity index (χ0n) is 11.7. The fourth-order valence-electron chi connectivity index (χ4n) is 2.61. The molecule has 1 amide bonds. The number of amides is 1. The molecule has 1 aliphatic rings. The van der Waals surface area contributed by atoms with Gasteiger partial charge in [0.2, 0.25) is 0 Å². The SMILES string of the molecule is CN(C(=O)c1ccc2ccccc2n1)[C@@H]1CCS(=O)(=O)C1. The van der Waals surface area contributed by atoms with Crippen LogP contribution in [0.15, 0.2) is 36.4 Å². The molecule has 3 rings (SSSR count). The lowest BCUT2D eigenvalue weighted by Gasteiger charge is -2.23. The van der Waals surface area contributed by atoms with Gasteiger partial charge in [-0.2, -0.15) is 0 Å². The van der Waals surface area contributed by atoms with E-state index >= 15 is 0 Å². The number of para-hydroxylation sites is 1. The van der Waals surface area contributed by atoms with Crippen LogP contribution in [0.1, 0.15) is 16.9 Å². The third-order valence-electron chi connectivity index (χ3n) is 3.89. The number of benzene rings is 1. The van der Waals surface area contributed by atoms with Gasteiger partial charge < -0.3 is 4.90 Å². The average molecular weight is 304 g/mol. The van der Waals surface area contributed by atoms with Gasteiger partial charge in [-0.1, -0.05) is 24.3 Å². The third-order valence-corrected chi connectivity index (χ3v) is 5.64. The Morgan fingerprint density at radius 2 is 2.00 bits per heavy atom. The molecule has 5 nitrogen and oxygen atoms in total. The molecule has 1 saturated heterocycles. The number of pyridine rings is 1. The minimum atomic E-state index is -3.01. The van der Waals surface area contributed by atoms with E-state index in [1.165, 1.54) is 4.90 Å². The molecule has 0 spiro atoms. The maximum atomic E-state index is 12.5. The lowest BCUT2D eigenvalue weighted by molar-refractivity contribution is 0.0742. The van der Waals surface area contributed by atoms with Crippen molar-refractivity contribution in [1.82, 2.24) is 9.88 Å². The summed E-state index contributed by atoms with van der Waals surface area (Å²) in [6.45, 7) is 0. The molecule has 0 bridgehead atoms. The molecule has 1 atom stereocenters. The molecule has 6 heteroatoms. The minimum absolute atomic E-state index is 0.0445. The van der Waals surface area contributed by atoms with Crippen LogP contribution in [0.4, 0.5) is 0 Å². The molecule has 0 aliphatic carbocycles. The van der Waals surface area contributed by atoms with E-state index in [0.717, 1.165) is 10.9 Å². The normalized spacial score (nSPS) is 20.5. The first kappa shape index (κ1) is 14.0. The highest BCUT2D eigenvalue weighted by molar-refractivity contribution is 7.91. The molecule has 0 unspecified atom stereocenters. The van der Waals surface area contributed by atoms with Crippen molar-refractivity contribution in [3.05, 3.63) is 42.1 Å². The molecule has 2 aromatic rings. The minimum Gasteiger partial charge on any atom is -0.336 e. The van der Waals surface area contributed by atoms with Gasteiger partial charge in [0.25, 0.3) is 5.91 Å². The lowest BCUT2D eigenvalue weighted by atomic mass is 10.1. The Morgan fingerprint density at radius 1 is 1.24 bits per heavy atom. The summed E-state index contributed by atoms with van der Waals surface area (Å²) >= 11 is 0. The topological polar surface area (TPSA) is 67.3 Å². The molecule has 1 fully saturated rings. The molecular formula is C15H16N2O3S. The molecule has 1 aromatic heterocycles. The smallest absolute Gasteiger partial charge is 0.272 e. The van der Waals surface area contributed by atoms with Crippen LogP contribution in [0.2, 0.25) is 0 Å². The number of carbonyl (C=O) groups is 1. The van der Waals surface area contributed by atoms with E-state index < -0.39 is 9.84 Å². The van der Waals surface area contributed by atoms with E-state index in [4.69, 9.17) is 0 Å². The first-order valence-electron chi connectivity index (χ1n) is 6.80. The first-order valence-corrected chi connectivity index (χ1v) is 8.62. The quantitative estimate of drug-likeness (QED) is 0.843. The summed E-state index contributed by atoms with van der Waals surface area (Å²) in [5.74, 6) is -0.0358. The van der Waals surface area contributed by atoms with E-state index in [-0.39, 0.29) is 23.5 Å². The van der Waals surface area contributed by atoms with E-state index in [1.807, 2.05) is 30.3 Å². The van der Waals surface area contributed by atoms with Crippen LogP contribution in [0, 0.1) is 0 Å². The third kappa shape index (κ3) is 2.76. The zero-order valence-corrected chi connectivity index (χ0v) is 12.5. The zero-order chi connectivity index (χ0) is 15.0. The summed E-state index contributed by atoms with van der Waals surface area (Å²) in [6.07, 6.45) is 0.498. The Bertz CT molecular complexity index is 801. The van der Waals surface area contributed by atoms with Crippen LogP contribution in [0.5, 0.6) is 0 Å². The monoisotopic (exact) mass is 304 g/mol. The van der Waals surface area contributed by atoms with Crippen molar-refractivity contribution in [1.29, 1.82) is 0 Å².